The molecule has 23 heavy (non-hydrogen) atoms. The van der Waals surface area contributed by atoms with E-state index in [1.54, 1.807) is 25.3 Å². The maximum Gasteiger partial charge on any atom is 0.178 e. The Kier molecular flexibility index (Phi) is 4.30. The molecule has 0 fully saturated rings. The van der Waals surface area contributed by atoms with Crippen LogP contribution in [0.15, 0.2) is 65.7 Å². The van der Waals surface area contributed by atoms with Gasteiger partial charge < -0.3 is 5.32 Å². The summed E-state index contributed by atoms with van der Waals surface area (Å²) in [5, 5.41) is 4.46. The van der Waals surface area contributed by atoms with E-state index in [0.29, 0.717) is 11.4 Å². The standard InChI is InChI=1S/C18H18N2O2S/c1-2-23(21,22)15-9-7-14(8-10-15)13-20-18-11-12-19-17-6-4-3-5-16(17)18/h3-12H,2,13H2,1H3,(H,19,20). The highest BCUT2D eigenvalue weighted by molar-refractivity contribution is 7.91. The Labute approximate surface area is 136 Å². The number of hydrogen-bond acceptors (Lipinski definition) is 4. The molecule has 1 N–H and O–H groups in total. The predicted molar refractivity (Wildman–Crippen MR) is 93.2 cm³/mol. The number of benzene rings is 2. The molecule has 1 aromatic heterocycles. The first kappa shape index (κ1) is 15.5. The molecule has 0 aliphatic carbocycles. The number of nitrogens with one attached hydrogen (secondary N) is 1. The number of fused-ring (bicyclic) bond motifs is 1. The van der Waals surface area contributed by atoms with E-state index in [1.807, 2.05) is 42.5 Å². The van der Waals surface area contributed by atoms with E-state index in [-0.39, 0.29) is 5.75 Å². The molecular weight excluding hydrogens is 308 g/mol. The van der Waals surface area contributed by atoms with Gasteiger partial charge in [-0.2, -0.15) is 0 Å². The van der Waals surface area contributed by atoms with Crippen LogP contribution in [-0.2, 0) is 16.4 Å². The summed E-state index contributed by atoms with van der Waals surface area (Å²) in [5.74, 6) is 0.119. The fourth-order valence-corrected chi connectivity index (χ4v) is 3.31. The lowest BCUT2D eigenvalue weighted by Crippen LogP contribution is -2.04. The second-order valence-electron chi connectivity index (χ2n) is 5.28. The second kappa shape index (κ2) is 6.38. The molecule has 0 radical (unpaired) electrons. The Bertz CT molecular complexity index is 914. The van der Waals surface area contributed by atoms with Crippen molar-refractivity contribution in [2.75, 3.05) is 11.1 Å². The van der Waals surface area contributed by atoms with Gasteiger partial charge in [0, 0.05) is 23.8 Å². The normalized spacial score (nSPS) is 11.5. The van der Waals surface area contributed by atoms with E-state index in [4.69, 9.17) is 0 Å². The van der Waals surface area contributed by atoms with Crippen molar-refractivity contribution in [2.45, 2.75) is 18.4 Å². The number of para-hydroxylation sites is 1. The summed E-state index contributed by atoms with van der Waals surface area (Å²) in [6, 6.07) is 16.9. The zero-order chi connectivity index (χ0) is 16.3. The van der Waals surface area contributed by atoms with Gasteiger partial charge in [-0.3, -0.25) is 4.98 Å². The van der Waals surface area contributed by atoms with E-state index in [0.717, 1.165) is 22.2 Å². The SMILES string of the molecule is CCS(=O)(=O)c1ccc(CNc2ccnc3ccccc23)cc1. The van der Waals surface area contributed by atoms with Crippen molar-refractivity contribution < 1.29 is 8.42 Å². The van der Waals surface area contributed by atoms with Crippen LogP contribution in [0.3, 0.4) is 0 Å². The lowest BCUT2D eigenvalue weighted by Gasteiger charge is -2.10. The molecule has 0 saturated carbocycles. The molecule has 118 valence electrons. The molecule has 3 rings (SSSR count). The summed E-state index contributed by atoms with van der Waals surface area (Å²) in [6.45, 7) is 2.28. The molecule has 3 aromatic rings. The van der Waals surface area contributed by atoms with Crippen molar-refractivity contribution in [3.8, 4) is 0 Å². The molecule has 2 aromatic carbocycles. The van der Waals surface area contributed by atoms with Crippen LogP contribution in [0.1, 0.15) is 12.5 Å². The summed E-state index contributed by atoms with van der Waals surface area (Å²) in [4.78, 5) is 4.71. The number of pyridine rings is 1. The van der Waals surface area contributed by atoms with Gasteiger partial charge in [0.2, 0.25) is 0 Å². The molecule has 5 heteroatoms. The van der Waals surface area contributed by atoms with Gasteiger partial charge in [0.25, 0.3) is 0 Å². The van der Waals surface area contributed by atoms with Crippen molar-refractivity contribution in [2.24, 2.45) is 0 Å². The van der Waals surface area contributed by atoms with Crippen LogP contribution in [0.2, 0.25) is 0 Å². The van der Waals surface area contributed by atoms with Gasteiger partial charge in [-0.25, -0.2) is 8.42 Å². The Morgan fingerprint density at radius 3 is 2.48 bits per heavy atom. The lowest BCUT2D eigenvalue weighted by molar-refractivity contribution is 0.597. The predicted octanol–water partition coefficient (Wildman–Crippen LogP) is 3.64. The van der Waals surface area contributed by atoms with E-state index in [2.05, 4.69) is 10.3 Å². The van der Waals surface area contributed by atoms with Crippen molar-refractivity contribution in [1.29, 1.82) is 0 Å². The summed E-state index contributed by atoms with van der Waals surface area (Å²) >= 11 is 0. The number of aromatic nitrogens is 1. The fourth-order valence-electron chi connectivity index (χ4n) is 2.43. The number of nitrogens with zero attached hydrogens (tertiary/aromatic N) is 1. The summed E-state index contributed by atoms with van der Waals surface area (Å²) < 4.78 is 23.6. The van der Waals surface area contributed by atoms with E-state index >= 15 is 0 Å². The zero-order valence-corrected chi connectivity index (χ0v) is 13.7. The number of hydrogen-bond donors (Lipinski definition) is 1. The first-order valence-corrected chi connectivity index (χ1v) is 9.15. The topological polar surface area (TPSA) is 59.1 Å². The van der Waals surface area contributed by atoms with E-state index in [1.165, 1.54) is 0 Å². The highest BCUT2D eigenvalue weighted by Crippen LogP contribution is 2.22. The van der Waals surface area contributed by atoms with E-state index in [9.17, 15) is 8.42 Å². The van der Waals surface area contributed by atoms with Gasteiger partial charge in [0.15, 0.2) is 9.84 Å². The number of sulfone groups is 1. The minimum Gasteiger partial charge on any atom is -0.380 e. The molecular formula is C18H18N2O2S. The molecule has 4 nitrogen and oxygen atoms in total. The third-order valence-electron chi connectivity index (χ3n) is 3.79. The minimum atomic E-state index is -3.14. The summed E-state index contributed by atoms with van der Waals surface area (Å²) in [6.07, 6.45) is 1.78. The quantitative estimate of drug-likeness (QED) is 0.777. The summed E-state index contributed by atoms with van der Waals surface area (Å²) in [7, 11) is -3.14. The molecule has 0 saturated heterocycles. The van der Waals surface area contributed by atoms with Crippen LogP contribution in [-0.4, -0.2) is 19.2 Å². The maximum atomic E-state index is 11.8. The Morgan fingerprint density at radius 2 is 1.74 bits per heavy atom. The number of rotatable bonds is 5. The Balaban J connectivity index is 1.78. The van der Waals surface area contributed by atoms with Crippen molar-refractivity contribution in [1.82, 2.24) is 4.98 Å². The molecule has 0 unspecified atom stereocenters. The van der Waals surface area contributed by atoms with Crippen LogP contribution < -0.4 is 5.32 Å². The third-order valence-corrected chi connectivity index (χ3v) is 5.54. The van der Waals surface area contributed by atoms with Crippen LogP contribution in [0.5, 0.6) is 0 Å². The van der Waals surface area contributed by atoms with Gasteiger partial charge in [-0.1, -0.05) is 37.3 Å². The van der Waals surface area contributed by atoms with Crippen molar-refractivity contribution >= 4 is 26.4 Å². The molecule has 0 amide bonds. The van der Waals surface area contributed by atoms with Gasteiger partial charge in [0.1, 0.15) is 0 Å². The molecule has 0 bridgehead atoms. The number of anilines is 1. The maximum absolute atomic E-state index is 11.8. The average Bonchev–Trinajstić information content (AvgIpc) is 2.60. The monoisotopic (exact) mass is 326 g/mol. The first-order chi connectivity index (χ1) is 11.1. The first-order valence-electron chi connectivity index (χ1n) is 7.49. The Hall–Kier alpha value is -2.40. The molecule has 0 aliphatic rings. The summed E-state index contributed by atoms with van der Waals surface area (Å²) in [5.41, 5.74) is 2.99. The van der Waals surface area contributed by atoms with Crippen LogP contribution in [0.25, 0.3) is 10.9 Å². The highest BCUT2D eigenvalue weighted by Gasteiger charge is 2.10. The molecule has 0 aliphatic heterocycles. The second-order valence-corrected chi connectivity index (χ2v) is 7.55. The van der Waals surface area contributed by atoms with Crippen LogP contribution >= 0.6 is 0 Å². The molecule has 0 spiro atoms. The highest BCUT2D eigenvalue weighted by atomic mass is 32.2. The lowest BCUT2D eigenvalue weighted by atomic mass is 10.1. The minimum absolute atomic E-state index is 0.119. The average molecular weight is 326 g/mol. The smallest absolute Gasteiger partial charge is 0.178 e. The van der Waals surface area contributed by atoms with Gasteiger partial charge >= 0.3 is 0 Å². The Morgan fingerprint density at radius 1 is 1.00 bits per heavy atom. The van der Waals surface area contributed by atoms with Gasteiger partial charge in [-0.05, 0) is 29.8 Å². The fraction of sp³-hybridized carbons (Fsp3) is 0.167. The molecule has 0 atom stereocenters. The van der Waals surface area contributed by atoms with Crippen LogP contribution in [0, 0.1) is 0 Å². The van der Waals surface area contributed by atoms with Gasteiger partial charge in [0.05, 0.1) is 16.2 Å². The van der Waals surface area contributed by atoms with Gasteiger partial charge in [-0.15, -0.1) is 0 Å². The van der Waals surface area contributed by atoms with E-state index < -0.39 is 9.84 Å². The van der Waals surface area contributed by atoms with Crippen LogP contribution in [0.4, 0.5) is 5.69 Å². The third kappa shape index (κ3) is 3.35. The van der Waals surface area contributed by atoms with Crippen molar-refractivity contribution in [3.63, 3.8) is 0 Å². The van der Waals surface area contributed by atoms with Crippen molar-refractivity contribution in [3.05, 3.63) is 66.4 Å². The largest absolute Gasteiger partial charge is 0.380 e. The molecule has 1 heterocycles. The zero-order valence-electron chi connectivity index (χ0n) is 12.9.